The van der Waals surface area contributed by atoms with Crippen LogP contribution in [-0.4, -0.2) is 24.9 Å². The van der Waals surface area contributed by atoms with Gasteiger partial charge in [-0.25, -0.2) is 13.4 Å². The maximum atomic E-state index is 12.7. The lowest BCUT2D eigenvalue weighted by molar-refractivity contribution is 0.417. The van der Waals surface area contributed by atoms with Gasteiger partial charge in [0.1, 0.15) is 11.4 Å². The van der Waals surface area contributed by atoms with Gasteiger partial charge in [-0.2, -0.15) is 0 Å². The van der Waals surface area contributed by atoms with Crippen molar-refractivity contribution in [2.75, 3.05) is 11.8 Å². The molecule has 0 unspecified atom stereocenters. The summed E-state index contributed by atoms with van der Waals surface area (Å²) < 4.78 is 35.3. The Morgan fingerprint density at radius 3 is 2.72 bits per heavy atom. The maximum absolute atomic E-state index is 12.7. The summed E-state index contributed by atoms with van der Waals surface area (Å²) in [4.78, 5) is 4.58. The van der Waals surface area contributed by atoms with Crippen molar-refractivity contribution in [2.24, 2.45) is 0 Å². The summed E-state index contributed by atoms with van der Waals surface area (Å²) in [7, 11) is -2.18. The first-order valence-electron chi connectivity index (χ1n) is 8.81. The maximum Gasteiger partial charge on any atom is 0.237 e. The van der Waals surface area contributed by atoms with Crippen LogP contribution in [0.5, 0.6) is 5.75 Å². The van der Waals surface area contributed by atoms with E-state index in [4.69, 9.17) is 16.3 Å². The molecule has 29 heavy (non-hydrogen) atoms. The third kappa shape index (κ3) is 4.36. The van der Waals surface area contributed by atoms with Crippen molar-refractivity contribution in [3.63, 3.8) is 0 Å². The Morgan fingerprint density at radius 1 is 1.10 bits per heavy atom. The summed E-state index contributed by atoms with van der Waals surface area (Å²) in [6.07, 6.45) is 3.80. The second-order valence-electron chi connectivity index (χ2n) is 6.50. The Balaban J connectivity index is 1.66. The highest BCUT2D eigenvalue weighted by atomic mass is 35.5. The Morgan fingerprint density at radius 2 is 1.97 bits per heavy atom. The Bertz CT molecular complexity index is 1250. The molecule has 0 saturated carbocycles. The first-order chi connectivity index (χ1) is 13.9. The van der Waals surface area contributed by atoms with Crippen LogP contribution >= 0.6 is 11.6 Å². The minimum Gasteiger partial charge on any atom is -0.495 e. The van der Waals surface area contributed by atoms with Crippen molar-refractivity contribution >= 4 is 33.0 Å². The number of pyridine rings is 1. The number of aromatic nitrogens is 2. The van der Waals surface area contributed by atoms with E-state index < -0.39 is 10.0 Å². The van der Waals surface area contributed by atoms with Gasteiger partial charge in [-0.05, 0) is 48.0 Å². The standard InChI is InChI=1S/C21H18ClN3O3S/c1-28-20-9-8-16(19-13-25-10-3-2-7-21(25)23-19)12-18(20)24-29(26,27)14-15-5-4-6-17(22)11-15/h2-13,24H,14H2,1H3. The van der Waals surface area contributed by atoms with Crippen molar-refractivity contribution in [3.8, 4) is 17.0 Å². The molecule has 0 saturated heterocycles. The summed E-state index contributed by atoms with van der Waals surface area (Å²) in [5.74, 6) is 0.224. The zero-order valence-electron chi connectivity index (χ0n) is 15.5. The van der Waals surface area contributed by atoms with Gasteiger partial charge in [-0.1, -0.05) is 29.8 Å². The molecule has 0 aliphatic heterocycles. The first kappa shape index (κ1) is 19.3. The fourth-order valence-corrected chi connectivity index (χ4v) is 4.47. The minimum atomic E-state index is -3.67. The van der Waals surface area contributed by atoms with Gasteiger partial charge in [-0.3, -0.25) is 4.72 Å². The highest BCUT2D eigenvalue weighted by Crippen LogP contribution is 2.31. The second-order valence-corrected chi connectivity index (χ2v) is 8.66. The zero-order chi connectivity index (χ0) is 20.4. The van der Waals surface area contributed by atoms with Gasteiger partial charge < -0.3 is 9.14 Å². The van der Waals surface area contributed by atoms with E-state index >= 15 is 0 Å². The molecule has 8 heteroatoms. The number of benzene rings is 2. The molecule has 4 aromatic rings. The molecule has 0 aliphatic rings. The molecule has 0 atom stereocenters. The number of anilines is 1. The topological polar surface area (TPSA) is 72.7 Å². The number of fused-ring (bicyclic) bond motifs is 1. The van der Waals surface area contributed by atoms with E-state index in [0.29, 0.717) is 22.0 Å². The zero-order valence-corrected chi connectivity index (χ0v) is 17.1. The Kier molecular flexibility index (Phi) is 5.17. The van der Waals surface area contributed by atoms with Crippen LogP contribution in [0, 0.1) is 0 Å². The largest absolute Gasteiger partial charge is 0.495 e. The third-order valence-electron chi connectivity index (χ3n) is 4.37. The summed E-state index contributed by atoms with van der Waals surface area (Å²) in [5, 5.41) is 0.490. The van der Waals surface area contributed by atoms with Gasteiger partial charge >= 0.3 is 0 Å². The summed E-state index contributed by atoms with van der Waals surface area (Å²) in [6, 6.07) is 17.8. The van der Waals surface area contributed by atoms with Crippen molar-refractivity contribution in [3.05, 3.63) is 83.6 Å². The predicted molar refractivity (Wildman–Crippen MR) is 115 cm³/mol. The molecule has 148 valence electrons. The van der Waals surface area contributed by atoms with Crippen LogP contribution in [-0.2, 0) is 15.8 Å². The van der Waals surface area contributed by atoms with Gasteiger partial charge in [0.2, 0.25) is 10.0 Å². The molecule has 0 aliphatic carbocycles. The van der Waals surface area contributed by atoms with E-state index in [-0.39, 0.29) is 5.75 Å². The lowest BCUT2D eigenvalue weighted by Crippen LogP contribution is -2.15. The van der Waals surface area contributed by atoms with Crippen LogP contribution in [0.3, 0.4) is 0 Å². The Labute approximate surface area is 173 Å². The second kappa shape index (κ2) is 7.77. The number of sulfonamides is 1. The van der Waals surface area contributed by atoms with E-state index in [1.165, 1.54) is 7.11 Å². The quantitative estimate of drug-likeness (QED) is 0.488. The monoisotopic (exact) mass is 427 g/mol. The van der Waals surface area contributed by atoms with Crippen molar-refractivity contribution < 1.29 is 13.2 Å². The van der Waals surface area contributed by atoms with E-state index in [0.717, 1.165) is 16.9 Å². The number of nitrogens with one attached hydrogen (secondary N) is 1. The highest BCUT2D eigenvalue weighted by Gasteiger charge is 2.16. The van der Waals surface area contributed by atoms with Crippen molar-refractivity contribution in [1.82, 2.24) is 9.38 Å². The van der Waals surface area contributed by atoms with Gasteiger partial charge in [0.05, 0.1) is 24.2 Å². The van der Waals surface area contributed by atoms with E-state index in [2.05, 4.69) is 9.71 Å². The summed E-state index contributed by atoms with van der Waals surface area (Å²) in [6.45, 7) is 0. The average Bonchev–Trinajstić information content (AvgIpc) is 3.11. The number of nitrogens with zero attached hydrogens (tertiary/aromatic N) is 2. The van der Waals surface area contributed by atoms with Crippen molar-refractivity contribution in [2.45, 2.75) is 5.75 Å². The van der Waals surface area contributed by atoms with Crippen LogP contribution < -0.4 is 9.46 Å². The fourth-order valence-electron chi connectivity index (χ4n) is 3.07. The smallest absolute Gasteiger partial charge is 0.237 e. The number of rotatable bonds is 6. The number of ether oxygens (including phenoxy) is 1. The minimum absolute atomic E-state index is 0.199. The van der Waals surface area contributed by atoms with E-state index in [1.54, 1.807) is 36.4 Å². The van der Waals surface area contributed by atoms with Crippen molar-refractivity contribution in [1.29, 1.82) is 0 Å². The van der Waals surface area contributed by atoms with Crippen LogP contribution in [0.1, 0.15) is 5.56 Å². The summed E-state index contributed by atoms with van der Waals surface area (Å²) in [5.41, 5.74) is 3.26. The molecule has 0 spiro atoms. The summed E-state index contributed by atoms with van der Waals surface area (Å²) >= 11 is 5.96. The van der Waals surface area contributed by atoms with E-state index in [9.17, 15) is 8.42 Å². The molecule has 2 aromatic heterocycles. The lowest BCUT2D eigenvalue weighted by Gasteiger charge is -2.13. The molecule has 0 radical (unpaired) electrons. The number of methoxy groups -OCH3 is 1. The first-order valence-corrected chi connectivity index (χ1v) is 10.8. The molecule has 6 nitrogen and oxygen atoms in total. The van der Waals surface area contributed by atoms with Gasteiger partial charge in [-0.15, -0.1) is 0 Å². The molecule has 1 N–H and O–H groups in total. The van der Waals surface area contributed by atoms with Gasteiger partial charge in [0.15, 0.2) is 0 Å². The third-order valence-corrected chi connectivity index (χ3v) is 5.85. The number of halogens is 1. The fraction of sp³-hybridized carbons (Fsp3) is 0.0952. The SMILES string of the molecule is COc1ccc(-c2cn3ccccc3n2)cc1NS(=O)(=O)Cc1cccc(Cl)c1. The van der Waals surface area contributed by atoms with Crippen LogP contribution in [0.25, 0.3) is 16.9 Å². The molecule has 4 rings (SSSR count). The number of hydrogen-bond donors (Lipinski definition) is 1. The molecular formula is C21H18ClN3O3S. The molecular weight excluding hydrogens is 410 g/mol. The molecule has 2 heterocycles. The molecule has 0 bridgehead atoms. The molecule has 0 fully saturated rings. The van der Waals surface area contributed by atoms with Crippen LogP contribution in [0.15, 0.2) is 73.1 Å². The predicted octanol–water partition coefficient (Wildman–Crippen LogP) is 4.61. The van der Waals surface area contributed by atoms with Gasteiger partial charge in [0.25, 0.3) is 0 Å². The molecule has 0 amide bonds. The lowest BCUT2D eigenvalue weighted by atomic mass is 10.1. The number of hydrogen-bond acceptors (Lipinski definition) is 4. The van der Waals surface area contributed by atoms with Crippen LogP contribution in [0.2, 0.25) is 5.02 Å². The average molecular weight is 428 g/mol. The molecule has 2 aromatic carbocycles. The highest BCUT2D eigenvalue weighted by molar-refractivity contribution is 7.91. The normalized spacial score (nSPS) is 11.5. The van der Waals surface area contributed by atoms with E-state index in [1.807, 2.05) is 41.1 Å². The number of imidazole rings is 1. The van der Waals surface area contributed by atoms with Crippen LogP contribution in [0.4, 0.5) is 5.69 Å². The Hall–Kier alpha value is -3.03. The van der Waals surface area contributed by atoms with Gasteiger partial charge in [0, 0.05) is 23.0 Å².